The van der Waals surface area contributed by atoms with Gasteiger partial charge in [-0.05, 0) is 30.7 Å². The molecule has 1 atom stereocenters. The lowest BCUT2D eigenvalue weighted by Crippen LogP contribution is -2.16. The minimum Gasteiger partial charge on any atom is -0.377 e. The monoisotopic (exact) mass is 384 g/mol. The fourth-order valence-electron chi connectivity index (χ4n) is 1.86. The van der Waals surface area contributed by atoms with Crippen molar-refractivity contribution in [1.29, 1.82) is 0 Å². The SMILES string of the molecule is CC(Nc1ccc(=O)n(C)c1)c1ccc(Br)cc1Br. The molecule has 0 aliphatic heterocycles. The Labute approximate surface area is 128 Å². The first-order valence-corrected chi connectivity index (χ1v) is 7.44. The second-order valence-electron chi connectivity index (χ2n) is 4.40. The van der Waals surface area contributed by atoms with Crippen LogP contribution in [-0.4, -0.2) is 4.57 Å². The number of aromatic nitrogens is 1. The molecule has 0 amide bonds. The van der Waals surface area contributed by atoms with E-state index in [0.29, 0.717) is 0 Å². The van der Waals surface area contributed by atoms with Crippen molar-refractivity contribution in [2.45, 2.75) is 13.0 Å². The first kappa shape index (κ1) is 14.3. The van der Waals surface area contributed by atoms with E-state index in [-0.39, 0.29) is 11.6 Å². The molecule has 2 rings (SSSR count). The van der Waals surface area contributed by atoms with Crippen molar-refractivity contribution in [1.82, 2.24) is 4.57 Å². The molecule has 0 radical (unpaired) electrons. The van der Waals surface area contributed by atoms with E-state index in [1.54, 1.807) is 29.9 Å². The molecule has 0 bridgehead atoms. The number of hydrogen-bond acceptors (Lipinski definition) is 2. The van der Waals surface area contributed by atoms with Crippen LogP contribution in [0.5, 0.6) is 0 Å². The lowest BCUT2D eigenvalue weighted by molar-refractivity contribution is 0.838. The maximum absolute atomic E-state index is 11.3. The number of aryl methyl sites for hydroxylation is 1. The number of pyridine rings is 1. The van der Waals surface area contributed by atoms with E-state index >= 15 is 0 Å². The zero-order valence-corrected chi connectivity index (χ0v) is 13.8. The lowest BCUT2D eigenvalue weighted by atomic mass is 10.1. The Morgan fingerprint density at radius 2 is 1.95 bits per heavy atom. The van der Waals surface area contributed by atoms with E-state index in [4.69, 9.17) is 0 Å². The second kappa shape index (κ2) is 5.92. The van der Waals surface area contributed by atoms with E-state index in [0.717, 1.165) is 20.2 Å². The molecule has 0 aliphatic rings. The van der Waals surface area contributed by atoms with Gasteiger partial charge in [0.1, 0.15) is 0 Å². The van der Waals surface area contributed by atoms with Gasteiger partial charge in [0, 0.05) is 34.3 Å². The van der Waals surface area contributed by atoms with Crippen molar-refractivity contribution in [2.24, 2.45) is 7.05 Å². The Bertz CT molecular complexity index is 652. The number of nitrogens with one attached hydrogen (secondary N) is 1. The van der Waals surface area contributed by atoms with Gasteiger partial charge in [0.25, 0.3) is 0 Å². The lowest BCUT2D eigenvalue weighted by Gasteiger charge is -2.17. The van der Waals surface area contributed by atoms with Crippen molar-refractivity contribution >= 4 is 37.5 Å². The Kier molecular flexibility index (Phi) is 4.47. The molecule has 1 N–H and O–H groups in total. The summed E-state index contributed by atoms with van der Waals surface area (Å²) in [4.78, 5) is 11.3. The quantitative estimate of drug-likeness (QED) is 0.863. The molecular formula is C14H14Br2N2O. The van der Waals surface area contributed by atoms with Crippen LogP contribution >= 0.6 is 31.9 Å². The molecule has 1 heterocycles. The highest BCUT2D eigenvalue weighted by molar-refractivity contribution is 9.11. The molecule has 100 valence electrons. The van der Waals surface area contributed by atoms with Gasteiger partial charge in [0.15, 0.2) is 0 Å². The normalized spacial score (nSPS) is 12.2. The van der Waals surface area contributed by atoms with Gasteiger partial charge >= 0.3 is 0 Å². The van der Waals surface area contributed by atoms with Gasteiger partial charge in [0.2, 0.25) is 5.56 Å². The van der Waals surface area contributed by atoms with Crippen molar-refractivity contribution in [3.63, 3.8) is 0 Å². The molecule has 19 heavy (non-hydrogen) atoms. The average Bonchev–Trinajstić information content (AvgIpc) is 2.33. The largest absolute Gasteiger partial charge is 0.377 e. The zero-order valence-electron chi connectivity index (χ0n) is 10.7. The number of anilines is 1. The molecule has 0 fully saturated rings. The Morgan fingerprint density at radius 1 is 1.21 bits per heavy atom. The Morgan fingerprint density at radius 3 is 2.58 bits per heavy atom. The third kappa shape index (κ3) is 3.48. The highest BCUT2D eigenvalue weighted by atomic mass is 79.9. The van der Waals surface area contributed by atoms with Crippen LogP contribution in [0, 0.1) is 0 Å². The van der Waals surface area contributed by atoms with Gasteiger partial charge in [-0.25, -0.2) is 0 Å². The summed E-state index contributed by atoms with van der Waals surface area (Å²) in [7, 11) is 1.74. The smallest absolute Gasteiger partial charge is 0.250 e. The summed E-state index contributed by atoms with van der Waals surface area (Å²) in [6.45, 7) is 2.08. The summed E-state index contributed by atoms with van der Waals surface area (Å²) in [6.07, 6.45) is 1.80. The van der Waals surface area contributed by atoms with Crippen molar-refractivity contribution < 1.29 is 0 Å². The van der Waals surface area contributed by atoms with Crippen LogP contribution in [-0.2, 0) is 7.05 Å². The molecule has 1 unspecified atom stereocenters. The van der Waals surface area contributed by atoms with E-state index in [2.05, 4.69) is 50.2 Å². The number of rotatable bonds is 3. The predicted molar refractivity (Wildman–Crippen MR) is 85.6 cm³/mol. The first-order chi connectivity index (χ1) is 8.97. The minimum atomic E-state index is -0.0111. The molecule has 0 aliphatic carbocycles. The van der Waals surface area contributed by atoms with Gasteiger partial charge in [-0.15, -0.1) is 0 Å². The zero-order chi connectivity index (χ0) is 14.0. The number of benzene rings is 1. The third-order valence-electron chi connectivity index (χ3n) is 2.90. The van der Waals surface area contributed by atoms with Crippen LogP contribution in [0.25, 0.3) is 0 Å². The molecule has 0 saturated heterocycles. The van der Waals surface area contributed by atoms with Crippen molar-refractivity contribution in [3.05, 3.63) is 61.4 Å². The molecule has 0 spiro atoms. The van der Waals surface area contributed by atoms with Gasteiger partial charge in [-0.2, -0.15) is 0 Å². The van der Waals surface area contributed by atoms with Gasteiger partial charge in [0.05, 0.1) is 5.69 Å². The first-order valence-electron chi connectivity index (χ1n) is 5.85. The van der Waals surface area contributed by atoms with Crippen LogP contribution in [0.3, 0.4) is 0 Å². The topological polar surface area (TPSA) is 34.0 Å². The van der Waals surface area contributed by atoms with E-state index in [9.17, 15) is 4.79 Å². The summed E-state index contributed by atoms with van der Waals surface area (Å²) >= 11 is 7.00. The highest BCUT2D eigenvalue weighted by Crippen LogP contribution is 2.28. The summed E-state index contributed by atoms with van der Waals surface area (Å²) in [6, 6.07) is 9.60. The van der Waals surface area contributed by atoms with Crippen LogP contribution in [0.1, 0.15) is 18.5 Å². The molecule has 1 aromatic heterocycles. The van der Waals surface area contributed by atoms with Crippen molar-refractivity contribution in [2.75, 3.05) is 5.32 Å². The summed E-state index contributed by atoms with van der Waals surface area (Å²) < 4.78 is 3.65. The average molecular weight is 386 g/mol. The van der Waals surface area contributed by atoms with Crippen LogP contribution < -0.4 is 10.9 Å². The van der Waals surface area contributed by atoms with Gasteiger partial charge < -0.3 is 9.88 Å². The van der Waals surface area contributed by atoms with Gasteiger partial charge in [-0.3, -0.25) is 4.79 Å². The predicted octanol–water partition coefficient (Wildman–Crippen LogP) is 4.08. The maximum Gasteiger partial charge on any atom is 0.250 e. The second-order valence-corrected chi connectivity index (χ2v) is 6.17. The molecule has 3 nitrogen and oxygen atoms in total. The van der Waals surface area contributed by atoms with E-state index < -0.39 is 0 Å². The van der Waals surface area contributed by atoms with Crippen LogP contribution in [0.2, 0.25) is 0 Å². The molecule has 5 heteroatoms. The fraction of sp³-hybridized carbons (Fsp3) is 0.214. The Balaban J connectivity index is 2.22. The molecule has 1 aromatic carbocycles. The third-order valence-corrected chi connectivity index (χ3v) is 4.08. The van der Waals surface area contributed by atoms with E-state index in [1.165, 1.54) is 0 Å². The maximum atomic E-state index is 11.3. The molecular weight excluding hydrogens is 372 g/mol. The van der Waals surface area contributed by atoms with Crippen molar-refractivity contribution in [3.8, 4) is 0 Å². The minimum absolute atomic E-state index is 0.0111. The highest BCUT2D eigenvalue weighted by Gasteiger charge is 2.09. The number of hydrogen-bond donors (Lipinski definition) is 1. The van der Waals surface area contributed by atoms with Crippen LogP contribution in [0.4, 0.5) is 5.69 Å². The standard InChI is InChI=1S/C14H14Br2N2O/c1-9(12-5-3-10(15)7-13(12)16)17-11-4-6-14(19)18(2)8-11/h3-9,17H,1-2H3. The number of nitrogens with zero attached hydrogens (tertiary/aromatic N) is 1. The summed E-state index contributed by atoms with van der Waals surface area (Å²) in [5, 5.41) is 3.38. The summed E-state index contributed by atoms with van der Waals surface area (Å²) in [5.41, 5.74) is 2.07. The molecule has 0 saturated carbocycles. The molecule has 2 aromatic rings. The van der Waals surface area contributed by atoms with E-state index in [1.807, 2.05) is 12.1 Å². The van der Waals surface area contributed by atoms with Crippen LogP contribution in [0.15, 0.2) is 50.3 Å². The summed E-state index contributed by atoms with van der Waals surface area (Å²) in [5.74, 6) is 0. The number of halogens is 2. The fourth-order valence-corrected chi connectivity index (χ4v) is 3.25. The Hall–Kier alpha value is -1.07. The van der Waals surface area contributed by atoms with Gasteiger partial charge in [-0.1, -0.05) is 37.9 Å².